The normalized spacial score (nSPS) is 23.1. The van der Waals surface area contributed by atoms with Gasteiger partial charge in [0.1, 0.15) is 11.4 Å². The minimum atomic E-state index is -0.851. The largest absolute Gasteiger partial charge is 0.497 e. The molecule has 220 valence electrons. The van der Waals surface area contributed by atoms with Crippen LogP contribution in [0.4, 0.5) is 4.79 Å². The lowest BCUT2D eigenvalue weighted by Crippen LogP contribution is -2.51. The predicted molar refractivity (Wildman–Crippen MR) is 148 cm³/mol. The number of carbonyl (C=O) groups is 4. The molecule has 1 aliphatic carbocycles. The number of amides is 3. The van der Waals surface area contributed by atoms with Crippen molar-refractivity contribution in [2.24, 2.45) is 11.8 Å². The summed E-state index contributed by atoms with van der Waals surface area (Å²) in [6, 6.07) is 5.62. The third kappa shape index (κ3) is 8.04. The van der Waals surface area contributed by atoms with Crippen LogP contribution in [-0.2, 0) is 30.3 Å². The second kappa shape index (κ2) is 13.6. The van der Waals surface area contributed by atoms with Gasteiger partial charge in [-0.25, -0.2) is 4.79 Å². The highest BCUT2D eigenvalue weighted by Gasteiger charge is 2.50. The summed E-state index contributed by atoms with van der Waals surface area (Å²) < 4.78 is 16.0. The minimum Gasteiger partial charge on any atom is -0.497 e. The maximum absolute atomic E-state index is 13.7. The van der Waals surface area contributed by atoms with Gasteiger partial charge in [0, 0.05) is 25.4 Å². The molecule has 1 saturated carbocycles. The van der Waals surface area contributed by atoms with Gasteiger partial charge in [-0.05, 0) is 50.3 Å². The van der Waals surface area contributed by atoms with E-state index in [4.69, 9.17) is 14.2 Å². The van der Waals surface area contributed by atoms with Crippen molar-refractivity contribution >= 4 is 23.5 Å². The van der Waals surface area contributed by atoms with Gasteiger partial charge < -0.3 is 29.7 Å². The Balaban J connectivity index is 1.46. The number of carbonyl (C=O) groups excluding carboxylic acids is 4. The number of Topliss-reactive ketones (excluding diaryl/α,β-unsaturated/α-hetero) is 2. The summed E-state index contributed by atoms with van der Waals surface area (Å²) in [4.78, 5) is 54.6. The summed E-state index contributed by atoms with van der Waals surface area (Å²) in [5, 5.41) is 5.79. The Morgan fingerprint density at radius 2 is 1.73 bits per heavy atom. The number of hydrogen-bond donors (Lipinski definition) is 2. The van der Waals surface area contributed by atoms with Crippen LogP contribution < -0.4 is 15.4 Å². The maximum Gasteiger partial charge on any atom is 0.318 e. The average Bonchev–Trinajstić information content (AvgIpc) is 3.50. The van der Waals surface area contributed by atoms with Crippen LogP contribution in [0.3, 0.4) is 0 Å². The third-order valence-corrected chi connectivity index (χ3v) is 8.36. The Morgan fingerprint density at radius 3 is 2.33 bits per heavy atom. The van der Waals surface area contributed by atoms with Gasteiger partial charge in [0.15, 0.2) is 11.6 Å². The molecule has 0 unspecified atom stereocenters. The molecule has 3 fully saturated rings. The SMILES string of the molecule is COc1ccc(C[C@H](CC(=O)[C@@H](C)NC(=O)N2CCOCC2)C(=O)N[C@@H](CC2CCCC2)C(=O)[C@@]2(C)CO2)cc1. The van der Waals surface area contributed by atoms with Gasteiger partial charge in [-0.1, -0.05) is 37.8 Å². The number of methoxy groups -OCH3 is 1. The zero-order valence-corrected chi connectivity index (χ0v) is 23.9. The van der Waals surface area contributed by atoms with E-state index in [1.807, 2.05) is 24.3 Å². The third-order valence-electron chi connectivity index (χ3n) is 8.36. The molecule has 1 aromatic rings. The maximum atomic E-state index is 13.7. The average molecular weight is 558 g/mol. The Morgan fingerprint density at radius 1 is 1.07 bits per heavy atom. The van der Waals surface area contributed by atoms with Crippen molar-refractivity contribution in [2.75, 3.05) is 40.0 Å². The standard InChI is InChI=1S/C30H43N3O7/c1-20(31-29(37)33-12-14-39-15-13-33)26(34)18-23(16-22-8-10-24(38-3)11-9-22)28(36)32-25(17-21-6-4-5-7-21)27(35)30(2)19-40-30/h8-11,20-21,23,25H,4-7,12-19H2,1-3H3,(H,31,37)(H,32,36)/t20-,23-,25+,30-/m1/s1. The number of hydrogen-bond acceptors (Lipinski definition) is 7. The first-order valence-corrected chi connectivity index (χ1v) is 14.5. The Labute approximate surface area is 236 Å². The van der Waals surface area contributed by atoms with Crippen LogP contribution in [0, 0.1) is 11.8 Å². The summed E-state index contributed by atoms with van der Waals surface area (Å²) >= 11 is 0. The molecule has 10 heteroatoms. The number of rotatable bonds is 13. The van der Waals surface area contributed by atoms with E-state index in [1.165, 1.54) is 0 Å². The van der Waals surface area contributed by atoms with Crippen molar-refractivity contribution in [3.63, 3.8) is 0 Å². The van der Waals surface area contributed by atoms with Gasteiger partial charge >= 0.3 is 6.03 Å². The van der Waals surface area contributed by atoms with Crippen LogP contribution in [0.5, 0.6) is 5.75 Å². The van der Waals surface area contributed by atoms with Crippen molar-refractivity contribution in [1.82, 2.24) is 15.5 Å². The zero-order chi connectivity index (χ0) is 28.7. The monoisotopic (exact) mass is 557 g/mol. The van der Waals surface area contributed by atoms with E-state index in [-0.39, 0.29) is 29.9 Å². The molecule has 2 aliphatic heterocycles. The molecule has 2 saturated heterocycles. The molecule has 3 amide bonds. The van der Waals surface area contributed by atoms with Gasteiger partial charge in [-0.2, -0.15) is 0 Å². The Bertz CT molecular complexity index is 1040. The van der Waals surface area contributed by atoms with E-state index in [0.717, 1.165) is 31.2 Å². The van der Waals surface area contributed by atoms with Gasteiger partial charge in [0.25, 0.3) is 0 Å². The van der Waals surface area contributed by atoms with Gasteiger partial charge in [0.2, 0.25) is 5.91 Å². The lowest BCUT2D eigenvalue weighted by atomic mass is 9.88. The lowest BCUT2D eigenvalue weighted by Gasteiger charge is -2.28. The summed E-state index contributed by atoms with van der Waals surface area (Å²) in [5.74, 6) is -0.319. The first-order chi connectivity index (χ1) is 19.2. The van der Waals surface area contributed by atoms with Gasteiger partial charge in [-0.3, -0.25) is 14.4 Å². The van der Waals surface area contributed by atoms with E-state index in [1.54, 1.807) is 25.9 Å². The van der Waals surface area contributed by atoms with Crippen LogP contribution >= 0.6 is 0 Å². The highest BCUT2D eigenvalue weighted by atomic mass is 16.6. The van der Waals surface area contributed by atoms with Gasteiger partial charge in [0.05, 0.1) is 39.0 Å². The fourth-order valence-electron chi connectivity index (χ4n) is 5.57. The molecule has 0 spiro atoms. The van der Waals surface area contributed by atoms with Crippen molar-refractivity contribution in [1.29, 1.82) is 0 Å². The molecule has 0 radical (unpaired) electrons. The molecular formula is C30H43N3O7. The van der Waals surface area contributed by atoms with E-state index >= 15 is 0 Å². The van der Waals surface area contributed by atoms with Crippen molar-refractivity contribution in [3.8, 4) is 5.75 Å². The first kappa shape index (κ1) is 30.0. The minimum absolute atomic E-state index is 0.0689. The van der Waals surface area contributed by atoms with E-state index in [2.05, 4.69) is 10.6 Å². The van der Waals surface area contributed by atoms with Crippen molar-refractivity contribution < 1.29 is 33.4 Å². The molecule has 0 bridgehead atoms. The van der Waals surface area contributed by atoms with Crippen LogP contribution in [0.2, 0.25) is 0 Å². The molecule has 40 heavy (non-hydrogen) atoms. The summed E-state index contributed by atoms with van der Waals surface area (Å²) in [5.41, 5.74) is 0.0192. The summed E-state index contributed by atoms with van der Waals surface area (Å²) in [6.45, 7) is 5.62. The molecule has 2 N–H and O–H groups in total. The lowest BCUT2D eigenvalue weighted by molar-refractivity contribution is -0.134. The van der Waals surface area contributed by atoms with Crippen molar-refractivity contribution in [2.45, 2.75) is 76.5 Å². The van der Waals surface area contributed by atoms with Gasteiger partial charge in [-0.15, -0.1) is 0 Å². The number of ketones is 2. The molecule has 3 aliphatic rings. The fraction of sp³-hybridized carbons (Fsp3) is 0.667. The highest BCUT2D eigenvalue weighted by Crippen LogP contribution is 2.34. The van der Waals surface area contributed by atoms with Crippen LogP contribution in [-0.4, -0.2) is 86.1 Å². The van der Waals surface area contributed by atoms with E-state index < -0.39 is 23.6 Å². The molecule has 10 nitrogen and oxygen atoms in total. The molecule has 4 rings (SSSR count). The Hall–Kier alpha value is -2.98. The number of ether oxygens (including phenoxy) is 3. The van der Waals surface area contributed by atoms with E-state index in [0.29, 0.717) is 57.4 Å². The Kier molecular flexibility index (Phi) is 10.2. The van der Waals surface area contributed by atoms with Crippen LogP contribution in [0.15, 0.2) is 24.3 Å². The smallest absolute Gasteiger partial charge is 0.318 e. The van der Waals surface area contributed by atoms with Crippen LogP contribution in [0.1, 0.15) is 57.9 Å². The second-order valence-corrected chi connectivity index (χ2v) is 11.5. The number of benzene rings is 1. The predicted octanol–water partition coefficient (Wildman–Crippen LogP) is 2.67. The zero-order valence-electron chi connectivity index (χ0n) is 23.9. The quantitative estimate of drug-likeness (QED) is 0.357. The molecule has 2 heterocycles. The molecular weight excluding hydrogens is 514 g/mol. The van der Waals surface area contributed by atoms with Crippen molar-refractivity contribution in [3.05, 3.63) is 29.8 Å². The molecule has 1 aromatic carbocycles. The summed E-state index contributed by atoms with van der Waals surface area (Å²) in [7, 11) is 1.59. The number of nitrogens with one attached hydrogen (secondary N) is 2. The molecule has 0 aromatic heterocycles. The fourth-order valence-corrected chi connectivity index (χ4v) is 5.57. The van der Waals surface area contributed by atoms with Crippen LogP contribution in [0.25, 0.3) is 0 Å². The summed E-state index contributed by atoms with van der Waals surface area (Å²) in [6.07, 6.45) is 5.19. The number of epoxide rings is 1. The van der Waals surface area contributed by atoms with E-state index in [9.17, 15) is 19.2 Å². The first-order valence-electron chi connectivity index (χ1n) is 14.5. The second-order valence-electron chi connectivity index (χ2n) is 11.5. The highest BCUT2D eigenvalue weighted by molar-refractivity contribution is 5.98. The topological polar surface area (TPSA) is 127 Å². The number of morpholine rings is 1. The number of urea groups is 1. The number of nitrogens with zero attached hydrogens (tertiary/aromatic N) is 1. The molecule has 4 atom stereocenters.